The number of aromatic nitrogens is 2. The Morgan fingerprint density at radius 3 is 2.79 bits per heavy atom. The number of fused-ring (bicyclic) bond motifs is 1. The Kier molecular flexibility index (Phi) is 5.88. The molecule has 154 valence electrons. The molecule has 2 fully saturated rings. The smallest absolute Gasteiger partial charge is 0.319 e. The minimum Gasteiger partial charge on any atom is -0.478 e. The van der Waals surface area contributed by atoms with E-state index in [1.165, 1.54) is 19.3 Å². The molecule has 0 bridgehead atoms. The van der Waals surface area contributed by atoms with Gasteiger partial charge in [-0.05, 0) is 57.8 Å². The second kappa shape index (κ2) is 8.37. The zero-order chi connectivity index (χ0) is 19.6. The largest absolute Gasteiger partial charge is 0.478 e. The van der Waals surface area contributed by atoms with Crippen LogP contribution in [0.3, 0.4) is 0 Å². The van der Waals surface area contributed by atoms with Gasteiger partial charge in [0.25, 0.3) is 0 Å². The summed E-state index contributed by atoms with van der Waals surface area (Å²) in [6.07, 6.45) is 11.8. The number of aliphatic hydroxyl groups is 1. The Balaban J connectivity index is 1.52. The highest BCUT2D eigenvalue weighted by atomic mass is 16.5. The molecule has 1 aromatic rings. The van der Waals surface area contributed by atoms with Gasteiger partial charge in [-0.25, -0.2) is 4.98 Å². The van der Waals surface area contributed by atoms with E-state index in [0.29, 0.717) is 31.0 Å². The van der Waals surface area contributed by atoms with Crippen LogP contribution in [0, 0.1) is 17.8 Å². The maximum Gasteiger partial charge on any atom is 0.319 e. The molecule has 2 heterocycles. The van der Waals surface area contributed by atoms with Crippen LogP contribution in [0.25, 0.3) is 0 Å². The molecule has 1 aromatic heterocycles. The third-order valence-electron chi connectivity index (χ3n) is 6.67. The summed E-state index contributed by atoms with van der Waals surface area (Å²) in [6, 6.07) is 0.311. The minimum absolute atomic E-state index is 0.215. The van der Waals surface area contributed by atoms with Crippen LogP contribution in [0.15, 0.2) is 18.3 Å². The number of ether oxygens (including phenoxy) is 2. The Morgan fingerprint density at radius 1 is 1.18 bits per heavy atom. The van der Waals surface area contributed by atoms with Gasteiger partial charge in [0.2, 0.25) is 5.88 Å². The van der Waals surface area contributed by atoms with Crippen molar-refractivity contribution in [2.75, 3.05) is 32.8 Å². The quantitative estimate of drug-likeness (QED) is 0.725. The fraction of sp³-hybridized carbons (Fsp3) is 0.727. The molecule has 1 unspecified atom stereocenters. The number of likely N-dealkylation sites (tertiary alicyclic amines) is 1. The van der Waals surface area contributed by atoms with Gasteiger partial charge in [0, 0.05) is 31.7 Å². The van der Waals surface area contributed by atoms with Gasteiger partial charge < -0.3 is 19.5 Å². The van der Waals surface area contributed by atoms with E-state index in [9.17, 15) is 5.11 Å². The molecule has 3 aliphatic rings. The molecule has 28 heavy (non-hydrogen) atoms. The molecule has 1 saturated carbocycles. The lowest BCUT2D eigenvalue weighted by Gasteiger charge is -2.32. The van der Waals surface area contributed by atoms with E-state index in [4.69, 9.17) is 9.47 Å². The van der Waals surface area contributed by atoms with Crippen molar-refractivity contribution in [2.24, 2.45) is 17.8 Å². The first-order valence-electron chi connectivity index (χ1n) is 10.9. The first-order chi connectivity index (χ1) is 13.6. The van der Waals surface area contributed by atoms with Crippen LogP contribution in [0.1, 0.15) is 51.5 Å². The van der Waals surface area contributed by atoms with E-state index >= 15 is 0 Å². The van der Waals surface area contributed by atoms with Crippen LogP contribution in [0.4, 0.5) is 0 Å². The van der Waals surface area contributed by atoms with E-state index in [1.54, 1.807) is 6.20 Å². The lowest BCUT2D eigenvalue weighted by Crippen LogP contribution is -2.36. The van der Waals surface area contributed by atoms with E-state index in [-0.39, 0.29) is 5.92 Å². The fourth-order valence-corrected chi connectivity index (χ4v) is 5.35. The molecule has 0 aromatic carbocycles. The maximum atomic E-state index is 11.7. The topological polar surface area (TPSA) is 67.7 Å². The second-order valence-electron chi connectivity index (χ2n) is 8.44. The predicted molar refractivity (Wildman–Crippen MR) is 107 cm³/mol. The highest BCUT2D eigenvalue weighted by molar-refractivity contribution is 5.34. The van der Waals surface area contributed by atoms with Gasteiger partial charge in [-0.2, -0.15) is 4.98 Å². The summed E-state index contributed by atoms with van der Waals surface area (Å²) in [4.78, 5) is 11.3. The van der Waals surface area contributed by atoms with Gasteiger partial charge in [0.05, 0.1) is 18.8 Å². The molecule has 0 spiro atoms. The van der Waals surface area contributed by atoms with Crippen molar-refractivity contribution in [3.63, 3.8) is 0 Å². The Bertz CT molecular complexity index is 710. The highest BCUT2D eigenvalue weighted by Crippen LogP contribution is 2.52. The molecule has 1 N–H and O–H groups in total. The highest BCUT2D eigenvalue weighted by Gasteiger charge is 2.54. The van der Waals surface area contributed by atoms with E-state index in [1.807, 2.05) is 13.8 Å². The summed E-state index contributed by atoms with van der Waals surface area (Å²) < 4.78 is 11.2. The number of nitrogens with zero attached hydrogens (tertiary/aromatic N) is 3. The molecule has 4 atom stereocenters. The zero-order valence-electron chi connectivity index (χ0n) is 17.1. The van der Waals surface area contributed by atoms with Crippen LogP contribution in [0.2, 0.25) is 0 Å². The molecular formula is C22H33N3O3. The SMILES string of the molecule is CCOc1ncc([C@]2(O)CC[C@H]3CN(CC4CC=CCC4)C[C@H]32)c(OCC)n1. The average molecular weight is 388 g/mol. The molecule has 0 radical (unpaired) electrons. The Hall–Kier alpha value is -1.66. The number of allylic oxidation sites excluding steroid dienone is 2. The van der Waals surface area contributed by atoms with Gasteiger partial charge in [0.1, 0.15) is 5.60 Å². The molecule has 0 amide bonds. The average Bonchev–Trinajstić information content (AvgIpc) is 3.24. The van der Waals surface area contributed by atoms with Crippen molar-refractivity contribution >= 4 is 0 Å². The summed E-state index contributed by atoms with van der Waals surface area (Å²) in [5.41, 5.74) is -0.186. The van der Waals surface area contributed by atoms with E-state index < -0.39 is 5.60 Å². The van der Waals surface area contributed by atoms with Crippen LogP contribution in [-0.4, -0.2) is 52.8 Å². The molecule has 4 rings (SSSR count). The number of hydrogen-bond acceptors (Lipinski definition) is 6. The summed E-state index contributed by atoms with van der Waals surface area (Å²) >= 11 is 0. The molecule has 1 aliphatic heterocycles. The Morgan fingerprint density at radius 2 is 2.04 bits per heavy atom. The molecular weight excluding hydrogens is 354 g/mol. The maximum absolute atomic E-state index is 11.7. The lowest BCUT2D eigenvalue weighted by atomic mass is 9.83. The van der Waals surface area contributed by atoms with Gasteiger partial charge in [-0.1, -0.05) is 12.2 Å². The van der Waals surface area contributed by atoms with Crippen LogP contribution >= 0.6 is 0 Å². The summed E-state index contributed by atoms with van der Waals surface area (Å²) in [5, 5.41) is 11.7. The standard InChI is InChI=1S/C22H33N3O3/c1-3-27-20-18(12-23-21(24-20)28-4-2)22(26)11-10-17-14-25(15-19(17)22)13-16-8-6-5-7-9-16/h5-6,12,16-17,19,26H,3-4,7-11,13-15H2,1-2H3/t16?,17-,19+,22+/m0/s1. The van der Waals surface area contributed by atoms with Gasteiger partial charge in [-0.3, -0.25) is 0 Å². The third kappa shape index (κ3) is 3.77. The summed E-state index contributed by atoms with van der Waals surface area (Å²) in [7, 11) is 0. The summed E-state index contributed by atoms with van der Waals surface area (Å²) in [5.74, 6) is 1.97. The van der Waals surface area contributed by atoms with Crippen molar-refractivity contribution in [1.29, 1.82) is 0 Å². The predicted octanol–water partition coefficient (Wildman–Crippen LogP) is 3.16. The fourth-order valence-electron chi connectivity index (χ4n) is 5.35. The van der Waals surface area contributed by atoms with Gasteiger partial charge in [-0.15, -0.1) is 0 Å². The van der Waals surface area contributed by atoms with Crippen molar-refractivity contribution in [3.05, 3.63) is 23.9 Å². The zero-order valence-corrected chi connectivity index (χ0v) is 17.1. The lowest BCUT2D eigenvalue weighted by molar-refractivity contribution is -0.0104. The first kappa shape index (κ1) is 19.6. The number of rotatable bonds is 7. The van der Waals surface area contributed by atoms with Crippen molar-refractivity contribution in [2.45, 2.75) is 51.6 Å². The van der Waals surface area contributed by atoms with Crippen molar-refractivity contribution in [1.82, 2.24) is 14.9 Å². The Labute approximate surface area is 168 Å². The van der Waals surface area contributed by atoms with Gasteiger partial charge >= 0.3 is 6.01 Å². The molecule has 6 nitrogen and oxygen atoms in total. The van der Waals surface area contributed by atoms with Gasteiger partial charge in [0.15, 0.2) is 0 Å². The first-order valence-corrected chi connectivity index (χ1v) is 10.9. The molecule has 2 aliphatic carbocycles. The van der Waals surface area contributed by atoms with Crippen molar-refractivity contribution < 1.29 is 14.6 Å². The van der Waals surface area contributed by atoms with E-state index in [0.717, 1.165) is 44.0 Å². The van der Waals surface area contributed by atoms with Crippen LogP contribution in [0.5, 0.6) is 11.9 Å². The van der Waals surface area contributed by atoms with Crippen molar-refractivity contribution in [3.8, 4) is 11.9 Å². The molecule has 6 heteroatoms. The minimum atomic E-state index is -0.916. The monoisotopic (exact) mass is 387 g/mol. The second-order valence-corrected chi connectivity index (χ2v) is 8.44. The van der Waals surface area contributed by atoms with Crippen LogP contribution < -0.4 is 9.47 Å². The molecule has 1 saturated heterocycles. The van der Waals surface area contributed by atoms with E-state index in [2.05, 4.69) is 27.0 Å². The normalized spacial score (nSPS) is 32.5. The summed E-state index contributed by atoms with van der Waals surface area (Å²) in [6.45, 7) is 8.03. The number of hydrogen-bond donors (Lipinski definition) is 1. The van der Waals surface area contributed by atoms with Crippen LogP contribution in [-0.2, 0) is 5.60 Å². The third-order valence-corrected chi connectivity index (χ3v) is 6.67.